The number of oxazole rings is 1. The van der Waals surface area contributed by atoms with Crippen LogP contribution in [0.5, 0.6) is 5.75 Å². The maximum Gasteiger partial charge on any atom is 0.311 e. The summed E-state index contributed by atoms with van der Waals surface area (Å²) in [5, 5.41) is 8.88. The molecule has 0 aliphatic heterocycles. The molecule has 0 saturated carbocycles. The number of nitriles is 1. The highest BCUT2D eigenvalue weighted by Crippen LogP contribution is 2.24. The molecule has 31 heavy (non-hydrogen) atoms. The minimum Gasteiger partial charge on any atom is -0.441 e. The third-order valence-electron chi connectivity index (χ3n) is 4.66. The van der Waals surface area contributed by atoms with Gasteiger partial charge in [-0.05, 0) is 59.7 Å². The van der Waals surface area contributed by atoms with Gasteiger partial charge in [-0.3, -0.25) is 4.79 Å². The van der Waals surface area contributed by atoms with E-state index in [1.54, 1.807) is 42.6 Å². The lowest BCUT2D eigenvalue weighted by Crippen LogP contribution is -2.09. The molecule has 0 unspecified atom stereocenters. The number of benzene rings is 3. The van der Waals surface area contributed by atoms with Crippen LogP contribution >= 0.6 is 0 Å². The zero-order valence-electron chi connectivity index (χ0n) is 16.4. The number of hydrogen-bond donors (Lipinski definition) is 0. The van der Waals surface area contributed by atoms with Crippen molar-refractivity contribution in [1.29, 1.82) is 5.26 Å². The van der Waals surface area contributed by atoms with Gasteiger partial charge in [0.05, 0.1) is 24.3 Å². The molecule has 3 aromatic carbocycles. The molecular formula is C25H17FN2O3. The molecule has 6 heteroatoms. The first-order valence-corrected chi connectivity index (χ1v) is 9.62. The van der Waals surface area contributed by atoms with E-state index < -0.39 is 5.97 Å². The predicted octanol–water partition coefficient (Wildman–Crippen LogP) is 5.56. The van der Waals surface area contributed by atoms with Gasteiger partial charge in [-0.15, -0.1) is 0 Å². The lowest BCUT2D eigenvalue weighted by Gasteiger charge is -2.06. The fourth-order valence-corrected chi connectivity index (χ4v) is 3.02. The highest BCUT2D eigenvalue weighted by Gasteiger charge is 2.11. The van der Waals surface area contributed by atoms with Gasteiger partial charge in [0.15, 0.2) is 11.7 Å². The normalized spacial score (nSPS) is 10.5. The second-order valence-electron chi connectivity index (χ2n) is 6.81. The van der Waals surface area contributed by atoms with Crippen LogP contribution in [0, 0.1) is 17.1 Å². The van der Waals surface area contributed by atoms with Gasteiger partial charge in [-0.2, -0.15) is 5.26 Å². The van der Waals surface area contributed by atoms with E-state index in [0.717, 1.165) is 11.1 Å². The summed E-state index contributed by atoms with van der Waals surface area (Å²) < 4.78 is 24.0. The summed E-state index contributed by atoms with van der Waals surface area (Å²) >= 11 is 0. The molecule has 0 aliphatic carbocycles. The van der Waals surface area contributed by atoms with Gasteiger partial charge in [-0.25, -0.2) is 9.37 Å². The van der Waals surface area contributed by atoms with E-state index in [0.29, 0.717) is 34.9 Å². The van der Waals surface area contributed by atoms with Crippen molar-refractivity contribution in [3.05, 3.63) is 96.3 Å². The van der Waals surface area contributed by atoms with E-state index in [4.69, 9.17) is 14.4 Å². The molecule has 1 aromatic heterocycles. The number of ether oxygens (including phenoxy) is 1. The van der Waals surface area contributed by atoms with Crippen molar-refractivity contribution in [2.24, 2.45) is 0 Å². The second kappa shape index (κ2) is 9.06. The maximum atomic E-state index is 13.0. The third kappa shape index (κ3) is 5.03. The lowest BCUT2D eigenvalue weighted by atomic mass is 10.0. The first-order chi connectivity index (χ1) is 15.1. The summed E-state index contributed by atoms with van der Waals surface area (Å²) in [6.07, 6.45) is 1.96. The number of rotatable bonds is 6. The number of aryl methyl sites for hydroxylation is 1. The number of nitrogens with zero attached hydrogens (tertiary/aromatic N) is 2. The first kappa shape index (κ1) is 20.0. The van der Waals surface area contributed by atoms with E-state index >= 15 is 0 Å². The number of halogens is 1. The van der Waals surface area contributed by atoms with Crippen LogP contribution in [0.4, 0.5) is 4.39 Å². The quantitative estimate of drug-likeness (QED) is 0.306. The Balaban J connectivity index is 1.32. The summed E-state index contributed by atoms with van der Waals surface area (Å²) in [5.41, 5.74) is 3.24. The van der Waals surface area contributed by atoms with Crippen LogP contribution in [-0.2, 0) is 11.2 Å². The van der Waals surface area contributed by atoms with Crippen molar-refractivity contribution in [1.82, 2.24) is 4.98 Å². The van der Waals surface area contributed by atoms with Crippen molar-refractivity contribution in [2.45, 2.75) is 12.8 Å². The zero-order chi connectivity index (χ0) is 21.6. The Hall–Kier alpha value is -4.24. The summed E-state index contributed by atoms with van der Waals surface area (Å²) in [4.78, 5) is 16.3. The van der Waals surface area contributed by atoms with Gasteiger partial charge in [0.1, 0.15) is 11.6 Å². The maximum absolute atomic E-state index is 13.0. The van der Waals surface area contributed by atoms with Gasteiger partial charge in [0.2, 0.25) is 0 Å². The largest absolute Gasteiger partial charge is 0.441 e. The van der Waals surface area contributed by atoms with Crippen LogP contribution in [0.25, 0.3) is 22.5 Å². The molecule has 0 amide bonds. The van der Waals surface area contributed by atoms with Gasteiger partial charge in [0.25, 0.3) is 0 Å². The molecule has 0 radical (unpaired) electrons. The third-order valence-corrected chi connectivity index (χ3v) is 4.66. The molecule has 152 valence electrons. The number of carbonyl (C=O) groups is 1. The Morgan fingerprint density at radius 2 is 1.55 bits per heavy atom. The van der Waals surface area contributed by atoms with Crippen molar-refractivity contribution < 1.29 is 18.3 Å². The van der Waals surface area contributed by atoms with E-state index in [1.165, 1.54) is 12.1 Å². The SMILES string of the molecule is N#Cc1ccc(-c2ccc(OC(=O)CCc3ncc(-c4ccc(F)cc4)o3)cc2)cc1. The summed E-state index contributed by atoms with van der Waals surface area (Å²) in [7, 11) is 0. The summed E-state index contributed by atoms with van der Waals surface area (Å²) in [6.45, 7) is 0. The Labute approximate surface area is 178 Å². The number of esters is 1. The zero-order valence-corrected chi connectivity index (χ0v) is 16.4. The molecule has 4 rings (SSSR count). The second-order valence-corrected chi connectivity index (χ2v) is 6.81. The smallest absolute Gasteiger partial charge is 0.311 e. The Kier molecular flexibility index (Phi) is 5.86. The van der Waals surface area contributed by atoms with Gasteiger partial charge in [-0.1, -0.05) is 24.3 Å². The summed E-state index contributed by atoms with van der Waals surface area (Å²) in [5.74, 6) is 0.653. The van der Waals surface area contributed by atoms with E-state index in [2.05, 4.69) is 11.1 Å². The fraction of sp³-hybridized carbons (Fsp3) is 0.0800. The topological polar surface area (TPSA) is 76.1 Å². The van der Waals surface area contributed by atoms with Gasteiger partial charge >= 0.3 is 5.97 Å². The fourth-order valence-electron chi connectivity index (χ4n) is 3.02. The molecule has 0 N–H and O–H groups in total. The Morgan fingerprint density at radius 3 is 2.19 bits per heavy atom. The van der Waals surface area contributed by atoms with Crippen LogP contribution in [0.15, 0.2) is 83.4 Å². The molecule has 0 spiro atoms. The Bertz CT molecular complexity index is 1220. The highest BCUT2D eigenvalue weighted by molar-refractivity contribution is 5.73. The Morgan fingerprint density at radius 1 is 0.935 bits per heavy atom. The van der Waals surface area contributed by atoms with Crippen LogP contribution in [-0.4, -0.2) is 11.0 Å². The molecule has 4 aromatic rings. The molecule has 0 saturated heterocycles. The lowest BCUT2D eigenvalue weighted by molar-refractivity contribution is -0.134. The van der Waals surface area contributed by atoms with Crippen molar-refractivity contribution in [2.75, 3.05) is 0 Å². The summed E-state index contributed by atoms with van der Waals surface area (Å²) in [6, 6.07) is 22.4. The van der Waals surface area contributed by atoms with Crippen molar-refractivity contribution in [3.8, 4) is 34.3 Å². The van der Waals surface area contributed by atoms with Gasteiger partial charge in [0, 0.05) is 12.0 Å². The number of carbonyl (C=O) groups excluding carboxylic acids is 1. The van der Waals surface area contributed by atoms with E-state index in [1.807, 2.05) is 24.3 Å². The van der Waals surface area contributed by atoms with Crippen molar-refractivity contribution >= 4 is 5.97 Å². The molecule has 1 heterocycles. The van der Waals surface area contributed by atoms with Crippen LogP contribution < -0.4 is 4.74 Å². The molecular weight excluding hydrogens is 395 g/mol. The number of aromatic nitrogens is 1. The van der Waals surface area contributed by atoms with Crippen LogP contribution in [0.2, 0.25) is 0 Å². The average molecular weight is 412 g/mol. The van der Waals surface area contributed by atoms with Gasteiger partial charge < -0.3 is 9.15 Å². The predicted molar refractivity (Wildman–Crippen MR) is 112 cm³/mol. The molecule has 5 nitrogen and oxygen atoms in total. The number of hydrogen-bond acceptors (Lipinski definition) is 5. The van der Waals surface area contributed by atoms with Crippen molar-refractivity contribution in [3.63, 3.8) is 0 Å². The highest BCUT2D eigenvalue weighted by atomic mass is 19.1. The van der Waals surface area contributed by atoms with E-state index in [-0.39, 0.29) is 12.2 Å². The molecule has 0 bridgehead atoms. The van der Waals surface area contributed by atoms with E-state index in [9.17, 15) is 9.18 Å². The minimum atomic E-state index is -0.396. The standard InChI is InChI=1S/C25H17FN2O3/c26-21-9-5-20(6-10-21)23-16-28-24(31-23)13-14-25(29)30-22-11-7-19(8-12-22)18-3-1-17(15-27)2-4-18/h1-12,16H,13-14H2. The monoisotopic (exact) mass is 412 g/mol. The minimum absolute atomic E-state index is 0.112. The van der Waals surface area contributed by atoms with Crippen LogP contribution in [0.3, 0.4) is 0 Å². The molecule has 0 fully saturated rings. The molecule has 0 aliphatic rings. The first-order valence-electron chi connectivity index (χ1n) is 9.62. The average Bonchev–Trinajstić information content (AvgIpc) is 3.28. The van der Waals surface area contributed by atoms with Crippen LogP contribution in [0.1, 0.15) is 17.9 Å². The molecule has 0 atom stereocenters.